The fourth-order valence-corrected chi connectivity index (χ4v) is 1.31. The second-order valence-corrected chi connectivity index (χ2v) is 3.91. The van der Waals surface area contributed by atoms with Crippen LogP contribution in [0.25, 0.3) is 0 Å². The number of carbonyl (C=O) groups excluding carboxylic acids is 1. The molecule has 0 aliphatic heterocycles. The van der Waals surface area contributed by atoms with Gasteiger partial charge in [0.2, 0.25) is 0 Å². The zero-order valence-electron chi connectivity index (χ0n) is 8.83. The van der Waals surface area contributed by atoms with Crippen LogP contribution >= 0.6 is 0 Å². The van der Waals surface area contributed by atoms with Gasteiger partial charge in [0.15, 0.2) is 0 Å². The van der Waals surface area contributed by atoms with Gasteiger partial charge in [-0.1, -0.05) is 6.92 Å². The Morgan fingerprint density at radius 1 is 1.50 bits per heavy atom. The molecule has 0 amide bonds. The summed E-state index contributed by atoms with van der Waals surface area (Å²) in [4.78, 5) is 11.3. The quantitative estimate of drug-likeness (QED) is 0.529. The van der Waals surface area contributed by atoms with Crippen molar-refractivity contribution in [2.45, 2.75) is 20.3 Å². The van der Waals surface area contributed by atoms with E-state index < -0.39 is 16.8 Å². The molecule has 1 N–H and O–H groups in total. The maximum atomic E-state index is 11.3. The Kier molecular flexibility index (Phi) is 7.10. The summed E-state index contributed by atoms with van der Waals surface area (Å²) in [7, 11) is -1.15. The van der Waals surface area contributed by atoms with Crippen LogP contribution in [0.2, 0.25) is 0 Å². The van der Waals surface area contributed by atoms with Gasteiger partial charge in [0.1, 0.15) is 5.70 Å². The Morgan fingerprint density at radius 3 is 2.57 bits per heavy atom. The molecule has 82 valence electrons. The van der Waals surface area contributed by atoms with E-state index in [4.69, 9.17) is 4.74 Å². The third-order valence-corrected chi connectivity index (χ3v) is 1.91. The molecule has 14 heavy (non-hydrogen) atoms. The van der Waals surface area contributed by atoms with Crippen molar-refractivity contribution in [2.75, 3.05) is 19.4 Å². The van der Waals surface area contributed by atoms with Crippen LogP contribution in [-0.2, 0) is 20.3 Å². The summed E-state index contributed by atoms with van der Waals surface area (Å²) in [5, 5.41) is 4.25. The Hall–Kier alpha value is -0.840. The summed E-state index contributed by atoms with van der Waals surface area (Å²) in [6, 6.07) is 0. The first-order chi connectivity index (χ1) is 6.61. The molecule has 0 fully saturated rings. The number of rotatable bonds is 6. The standard InChI is InChI=1S/C9H17NO3S/c1-4-6-10-8(7-14(3)12)9(11)13-5-2/h7,10H,4-6H2,1-3H3. The van der Waals surface area contributed by atoms with Crippen LogP contribution < -0.4 is 5.32 Å². The molecule has 1 atom stereocenters. The van der Waals surface area contributed by atoms with Gasteiger partial charge in [-0.2, -0.15) is 0 Å². The largest absolute Gasteiger partial charge is 0.461 e. The highest BCUT2D eigenvalue weighted by molar-refractivity contribution is 7.87. The van der Waals surface area contributed by atoms with E-state index in [0.29, 0.717) is 13.2 Å². The molecule has 0 rings (SSSR count). The fraction of sp³-hybridized carbons (Fsp3) is 0.667. The molecule has 0 heterocycles. The number of hydrogen-bond donors (Lipinski definition) is 1. The number of carbonyl (C=O) groups is 1. The highest BCUT2D eigenvalue weighted by Crippen LogP contribution is 1.96. The Balaban J connectivity index is 4.38. The zero-order valence-corrected chi connectivity index (χ0v) is 9.65. The second-order valence-electron chi connectivity index (χ2n) is 2.68. The van der Waals surface area contributed by atoms with Crippen LogP contribution in [0.3, 0.4) is 0 Å². The lowest BCUT2D eigenvalue weighted by Gasteiger charge is -2.08. The van der Waals surface area contributed by atoms with Crippen LogP contribution in [0, 0.1) is 0 Å². The average molecular weight is 219 g/mol. The van der Waals surface area contributed by atoms with Crippen LogP contribution in [-0.4, -0.2) is 29.6 Å². The molecule has 0 radical (unpaired) electrons. The van der Waals surface area contributed by atoms with E-state index in [2.05, 4.69) is 5.32 Å². The molecule has 0 bridgehead atoms. The minimum atomic E-state index is -1.15. The average Bonchev–Trinajstić information content (AvgIpc) is 2.12. The van der Waals surface area contributed by atoms with Crippen LogP contribution in [0.4, 0.5) is 0 Å². The number of nitrogens with one attached hydrogen (secondary N) is 1. The normalized spacial score (nSPS) is 13.5. The highest BCUT2D eigenvalue weighted by Gasteiger charge is 2.09. The Bertz CT molecular complexity index is 238. The predicted octanol–water partition coefficient (Wildman–Crippen LogP) is 0.769. The van der Waals surface area contributed by atoms with Crippen molar-refractivity contribution in [1.82, 2.24) is 5.32 Å². The van der Waals surface area contributed by atoms with Crippen molar-refractivity contribution in [3.8, 4) is 0 Å². The van der Waals surface area contributed by atoms with Gasteiger partial charge in [0, 0.05) is 29.0 Å². The lowest BCUT2D eigenvalue weighted by molar-refractivity contribution is -0.138. The maximum absolute atomic E-state index is 11.3. The molecule has 0 aromatic rings. The molecule has 0 aliphatic rings. The first-order valence-electron chi connectivity index (χ1n) is 4.56. The van der Waals surface area contributed by atoms with Gasteiger partial charge in [-0.05, 0) is 13.3 Å². The van der Waals surface area contributed by atoms with Gasteiger partial charge in [0.05, 0.1) is 6.61 Å². The van der Waals surface area contributed by atoms with E-state index in [1.54, 1.807) is 6.92 Å². The molecule has 5 heteroatoms. The summed E-state index contributed by atoms with van der Waals surface area (Å²) >= 11 is 0. The van der Waals surface area contributed by atoms with Crippen molar-refractivity contribution in [3.63, 3.8) is 0 Å². The molecule has 0 aliphatic carbocycles. The van der Waals surface area contributed by atoms with Crippen LogP contribution in [0.1, 0.15) is 20.3 Å². The van der Waals surface area contributed by atoms with Crippen molar-refractivity contribution >= 4 is 16.8 Å². The molecular weight excluding hydrogens is 202 g/mol. The fourth-order valence-electron chi connectivity index (χ4n) is 0.796. The van der Waals surface area contributed by atoms with Crippen molar-refractivity contribution in [2.24, 2.45) is 0 Å². The first kappa shape index (κ1) is 13.2. The zero-order chi connectivity index (χ0) is 11.0. The summed E-state index contributed by atoms with van der Waals surface area (Å²) < 4.78 is 15.7. The van der Waals surface area contributed by atoms with Crippen molar-refractivity contribution < 1.29 is 13.7 Å². The topological polar surface area (TPSA) is 55.4 Å². The molecule has 0 spiro atoms. The minimum absolute atomic E-state index is 0.287. The summed E-state index contributed by atoms with van der Waals surface area (Å²) in [6.07, 6.45) is 2.40. The van der Waals surface area contributed by atoms with Gasteiger partial charge < -0.3 is 10.1 Å². The Morgan fingerprint density at radius 2 is 2.14 bits per heavy atom. The molecule has 0 aromatic heterocycles. The second kappa shape index (κ2) is 7.55. The maximum Gasteiger partial charge on any atom is 0.355 e. The molecule has 4 nitrogen and oxygen atoms in total. The van der Waals surface area contributed by atoms with Crippen LogP contribution in [0.15, 0.2) is 11.1 Å². The van der Waals surface area contributed by atoms with Gasteiger partial charge >= 0.3 is 5.97 Å². The number of hydrogen-bond acceptors (Lipinski definition) is 4. The summed E-state index contributed by atoms with van der Waals surface area (Å²) in [5.41, 5.74) is 0.287. The third-order valence-electron chi connectivity index (χ3n) is 1.34. The lowest BCUT2D eigenvalue weighted by Crippen LogP contribution is -2.23. The molecule has 0 aromatic carbocycles. The van der Waals surface area contributed by atoms with Crippen LogP contribution in [0.5, 0.6) is 0 Å². The SMILES string of the molecule is CCCNC(=CS(C)=O)C(=O)OCC. The summed E-state index contributed by atoms with van der Waals surface area (Å²) in [6.45, 7) is 4.71. The van der Waals surface area contributed by atoms with Gasteiger partial charge in [-0.3, -0.25) is 4.21 Å². The van der Waals surface area contributed by atoms with E-state index in [1.165, 1.54) is 11.7 Å². The first-order valence-corrected chi connectivity index (χ1v) is 6.19. The predicted molar refractivity (Wildman–Crippen MR) is 57.1 cm³/mol. The van der Waals surface area contributed by atoms with Crippen molar-refractivity contribution in [1.29, 1.82) is 0 Å². The monoisotopic (exact) mass is 219 g/mol. The molecular formula is C9H17NO3S. The van der Waals surface area contributed by atoms with E-state index in [9.17, 15) is 9.00 Å². The van der Waals surface area contributed by atoms with Gasteiger partial charge in [-0.15, -0.1) is 0 Å². The molecule has 1 unspecified atom stereocenters. The smallest absolute Gasteiger partial charge is 0.355 e. The lowest BCUT2D eigenvalue weighted by atomic mass is 10.4. The molecule has 0 saturated heterocycles. The number of esters is 1. The minimum Gasteiger partial charge on any atom is -0.461 e. The molecule has 0 saturated carbocycles. The van der Waals surface area contributed by atoms with Gasteiger partial charge in [-0.25, -0.2) is 4.79 Å². The van der Waals surface area contributed by atoms with E-state index in [1.807, 2.05) is 6.92 Å². The number of ether oxygens (including phenoxy) is 1. The Labute approximate surface area is 87.2 Å². The summed E-state index contributed by atoms with van der Waals surface area (Å²) in [5.74, 6) is -0.448. The third kappa shape index (κ3) is 5.75. The van der Waals surface area contributed by atoms with Crippen molar-refractivity contribution in [3.05, 3.63) is 11.1 Å². The van der Waals surface area contributed by atoms with E-state index in [0.717, 1.165) is 6.42 Å². The van der Waals surface area contributed by atoms with E-state index >= 15 is 0 Å². The van der Waals surface area contributed by atoms with Gasteiger partial charge in [0.25, 0.3) is 0 Å². The van der Waals surface area contributed by atoms with E-state index in [-0.39, 0.29) is 5.70 Å². The highest BCUT2D eigenvalue weighted by atomic mass is 32.2.